The minimum atomic E-state index is -0.657. The van der Waals surface area contributed by atoms with E-state index in [1.165, 1.54) is 0 Å². The van der Waals surface area contributed by atoms with Crippen LogP contribution in [0.25, 0.3) is 0 Å². The van der Waals surface area contributed by atoms with Gasteiger partial charge in [0.2, 0.25) is 5.91 Å². The van der Waals surface area contributed by atoms with Gasteiger partial charge in [-0.15, -0.1) is 0 Å². The molecule has 0 saturated carbocycles. The van der Waals surface area contributed by atoms with Gasteiger partial charge in [0.1, 0.15) is 24.7 Å². The maximum atomic E-state index is 13.2. The summed E-state index contributed by atoms with van der Waals surface area (Å²) in [5.41, 5.74) is 11.4. The molecule has 4 aromatic carbocycles. The van der Waals surface area contributed by atoms with Gasteiger partial charge in [0.15, 0.2) is 0 Å². The van der Waals surface area contributed by atoms with E-state index >= 15 is 0 Å². The first-order valence-electron chi connectivity index (χ1n) is 23.1. The monoisotopic (exact) mass is 908 g/mol. The summed E-state index contributed by atoms with van der Waals surface area (Å²) in [4.78, 5) is 37.3. The normalized spacial score (nSPS) is 15.4. The van der Waals surface area contributed by atoms with Crippen molar-refractivity contribution in [2.24, 2.45) is 17.6 Å². The highest BCUT2D eigenvalue weighted by Gasteiger charge is 2.28. The largest absolute Gasteiger partial charge is 0.492 e. The highest BCUT2D eigenvalue weighted by Crippen LogP contribution is 2.25. The van der Waals surface area contributed by atoms with E-state index in [0.717, 1.165) is 110 Å². The average Bonchev–Trinajstić information content (AvgIpc) is 3.39. The predicted molar refractivity (Wildman–Crippen MR) is 259 cm³/mol. The first-order valence-corrected chi connectivity index (χ1v) is 23.1. The minimum Gasteiger partial charge on any atom is -0.492 e. The number of benzene rings is 4. The number of nitrogens with two attached hydrogens (primary N) is 1. The van der Waals surface area contributed by atoms with Crippen molar-refractivity contribution in [3.05, 3.63) is 192 Å². The molecule has 2 aromatic heterocycles. The van der Waals surface area contributed by atoms with Crippen LogP contribution in [0.1, 0.15) is 71.4 Å². The lowest BCUT2D eigenvalue weighted by atomic mass is 9.94. The molecule has 0 radical (unpaired) electrons. The van der Waals surface area contributed by atoms with Gasteiger partial charge < -0.3 is 35.8 Å². The molecule has 6 N–H and O–H groups in total. The second kappa shape index (κ2) is 27.2. The maximum Gasteiger partial charge on any atom is 0.306 e. The number of nitrogens with one attached hydrogen (secondary N) is 1. The molecule has 2 atom stereocenters. The summed E-state index contributed by atoms with van der Waals surface area (Å²) in [5, 5.41) is 30.4. The Bertz CT molecular complexity index is 2300. The summed E-state index contributed by atoms with van der Waals surface area (Å²) in [6.07, 6.45) is 6.64. The van der Waals surface area contributed by atoms with E-state index in [1.807, 2.05) is 146 Å². The Morgan fingerprint density at radius 3 is 1.45 bits per heavy atom. The topological polar surface area (TPSA) is 184 Å². The van der Waals surface area contributed by atoms with Crippen LogP contribution in [0.2, 0.25) is 0 Å². The number of hydrogen-bond acceptors (Lipinski definition) is 11. The van der Waals surface area contributed by atoms with Crippen LogP contribution < -0.4 is 20.5 Å². The second-order valence-electron chi connectivity index (χ2n) is 16.6. The van der Waals surface area contributed by atoms with E-state index in [4.69, 9.17) is 25.4 Å². The molecule has 0 spiro atoms. The molecule has 0 bridgehead atoms. The smallest absolute Gasteiger partial charge is 0.306 e. The molecule has 13 nitrogen and oxygen atoms in total. The maximum absolute atomic E-state index is 13.2. The molecular weight excluding hydrogens is 845 g/mol. The number of likely N-dealkylation sites (tertiary alicyclic amines) is 2. The minimum absolute atomic E-state index is 0.00411. The Morgan fingerprint density at radius 1 is 0.582 bits per heavy atom. The van der Waals surface area contributed by atoms with Crippen LogP contribution >= 0.6 is 0 Å². The number of aliphatic hydroxyl groups is 2. The second-order valence-corrected chi connectivity index (χ2v) is 16.6. The SMILES string of the molecule is NC(c1ccc(CO)cc1)c1ccccn1.O=C(NC(c1ccc(CO)cc1)c1ccccn1)C1CCN(CCOc2ccccc2)CC1.O=C(O)C1CCN(CCOc2ccccc2)CC1. The molecule has 352 valence electrons. The first kappa shape index (κ1) is 49.9. The molecular formula is C54H64N6O7. The van der Waals surface area contributed by atoms with Crippen molar-refractivity contribution in [3.63, 3.8) is 0 Å². The zero-order valence-corrected chi connectivity index (χ0v) is 38.1. The number of carboxylic acid groups (broad SMARTS) is 1. The summed E-state index contributed by atoms with van der Waals surface area (Å²) in [6.45, 7) is 6.55. The van der Waals surface area contributed by atoms with Crippen LogP contribution in [0, 0.1) is 11.8 Å². The number of aromatic nitrogens is 2. The fourth-order valence-electron chi connectivity index (χ4n) is 7.95. The lowest BCUT2D eigenvalue weighted by Gasteiger charge is -2.32. The molecule has 2 saturated heterocycles. The molecule has 67 heavy (non-hydrogen) atoms. The van der Waals surface area contributed by atoms with Crippen molar-refractivity contribution in [2.75, 3.05) is 52.5 Å². The van der Waals surface area contributed by atoms with E-state index in [0.29, 0.717) is 13.2 Å². The Labute approximate surface area is 394 Å². The van der Waals surface area contributed by atoms with Gasteiger partial charge in [-0.05, 0) is 123 Å². The average molecular weight is 909 g/mol. The number of amides is 1. The van der Waals surface area contributed by atoms with Gasteiger partial charge in [0.25, 0.3) is 0 Å². The van der Waals surface area contributed by atoms with Gasteiger partial charge in [-0.2, -0.15) is 0 Å². The lowest BCUT2D eigenvalue weighted by Crippen LogP contribution is -2.42. The van der Waals surface area contributed by atoms with Crippen LogP contribution in [0.5, 0.6) is 11.5 Å². The zero-order chi connectivity index (χ0) is 47.1. The highest BCUT2D eigenvalue weighted by atomic mass is 16.5. The van der Waals surface area contributed by atoms with Crippen LogP contribution in [-0.4, -0.2) is 99.4 Å². The molecule has 8 rings (SSSR count). The third-order valence-electron chi connectivity index (χ3n) is 12.0. The van der Waals surface area contributed by atoms with Crippen molar-refractivity contribution in [1.29, 1.82) is 0 Å². The van der Waals surface area contributed by atoms with Crippen molar-refractivity contribution < 1.29 is 34.4 Å². The van der Waals surface area contributed by atoms with Crippen LogP contribution in [0.3, 0.4) is 0 Å². The van der Waals surface area contributed by atoms with E-state index in [2.05, 4.69) is 25.1 Å². The predicted octanol–water partition coefficient (Wildman–Crippen LogP) is 7.05. The highest BCUT2D eigenvalue weighted by molar-refractivity contribution is 5.79. The Balaban J connectivity index is 0.000000183. The van der Waals surface area contributed by atoms with Gasteiger partial charge in [0, 0.05) is 31.4 Å². The van der Waals surface area contributed by atoms with Crippen molar-refractivity contribution in [1.82, 2.24) is 25.1 Å². The number of aliphatic carboxylic acids is 1. The van der Waals surface area contributed by atoms with Crippen LogP contribution in [-0.2, 0) is 22.8 Å². The van der Waals surface area contributed by atoms with Gasteiger partial charge in [-0.3, -0.25) is 29.4 Å². The molecule has 2 unspecified atom stereocenters. The first-order chi connectivity index (χ1) is 32.8. The molecule has 2 fully saturated rings. The van der Waals surface area contributed by atoms with Crippen molar-refractivity contribution in [2.45, 2.75) is 51.0 Å². The van der Waals surface area contributed by atoms with E-state index in [1.54, 1.807) is 12.4 Å². The summed E-state index contributed by atoms with van der Waals surface area (Å²) >= 11 is 0. The Kier molecular flexibility index (Phi) is 20.3. The van der Waals surface area contributed by atoms with Crippen molar-refractivity contribution in [3.8, 4) is 11.5 Å². The zero-order valence-electron chi connectivity index (χ0n) is 38.1. The fourth-order valence-corrected chi connectivity index (χ4v) is 7.95. The van der Waals surface area contributed by atoms with E-state index < -0.39 is 5.97 Å². The number of aliphatic hydroxyl groups excluding tert-OH is 2. The van der Waals surface area contributed by atoms with Crippen LogP contribution in [0.4, 0.5) is 0 Å². The molecule has 13 heteroatoms. The number of rotatable bonds is 17. The summed E-state index contributed by atoms with van der Waals surface area (Å²) in [6, 6.07) is 45.7. The molecule has 6 aromatic rings. The third kappa shape index (κ3) is 16.4. The van der Waals surface area contributed by atoms with Gasteiger partial charge in [-0.1, -0.05) is 97.1 Å². The quantitative estimate of drug-likeness (QED) is 0.0630. The summed E-state index contributed by atoms with van der Waals surface area (Å²) in [7, 11) is 0. The van der Waals surface area contributed by atoms with Gasteiger partial charge >= 0.3 is 5.97 Å². The molecule has 2 aliphatic rings. The molecule has 0 aliphatic carbocycles. The molecule has 4 heterocycles. The number of ether oxygens (including phenoxy) is 2. The number of pyridine rings is 2. The Hall–Kier alpha value is -6.48. The number of nitrogens with zero attached hydrogens (tertiary/aromatic N) is 4. The van der Waals surface area contributed by atoms with Gasteiger partial charge in [0.05, 0.1) is 42.6 Å². The van der Waals surface area contributed by atoms with E-state index in [-0.39, 0.29) is 43.0 Å². The van der Waals surface area contributed by atoms with E-state index in [9.17, 15) is 14.7 Å². The number of carbonyl (C=O) groups excluding carboxylic acids is 1. The number of carbonyl (C=O) groups is 2. The summed E-state index contributed by atoms with van der Waals surface area (Å²) in [5.74, 6) is 1.01. The standard InChI is InChI=1S/C27H31N3O3.C14H19NO3.C13H14N2O/c31-20-21-9-11-22(12-10-21)26(25-8-4-5-15-28-25)29-27(32)23-13-16-30(17-14-23)18-19-33-24-6-2-1-3-7-24;16-14(17)12-6-8-15(9-7-12)10-11-18-13-4-2-1-3-5-13;14-13(12-3-1-2-8-15-12)11-6-4-10(9-16)5-7-11/h1-12,15,23,26,31H,13-14,16-20H2,(H,29,32);1-5,12H,6-11H2,(H,16,17);1-8,13,16H,9,14H2. The third-order valence-corrected chi connectivity index (χ3v) is 12.0. The number of piperidine rings is 2. The summed E-state index contributed by atoms with van der Waals surface area (Å²) < 4.78 is 11.4. The molecule has 1 amide bonds. The number of para-hydroxylation sites is 2. The fraction of sp³-hybridized carbons (Fsp3) is 0.333. The number of hydrogen-bond donors (Lipinski definition) is 5. The van der Waals surface area contributed by atoms with Crippen molar-refractivity contribution >= 4 is 11.9 Å². The van der Waals surface area contributed by atoms with Gasteiger partial charge in [-0.25, -0.2) is 0 Å². The van der Waals surface area contributed by atoms with Crippen LogP contribution in [0.15, 0.2) is 158 Å². The molecule has 2 aliphatic heterocycles. The Morgan fingerprint density at radius 2 is 1.01 bits per heavy atom. The number of carboxylic acids is 1. The lowest BCUT2D eigenvalue weighted by molar-refractivity contribution is -0.143.